The third-order valence-electron chi connectivity index (χ3n) is 3.27. The zero-order valence-corrected chi connectivity index (χ0v) is 11.9. The molecule has 0 aliphatic carbocycles. The van der Waals surface area contributed by atoms with Crippen molar-refractivity contribution in [1.82, 2.24) is 15.0 Å². The lowest BCUT2D eigenvalue weighted by molar-refractivity contribution is 1.19. The van der Waals surface area contributed by atoms with Crippen molar-refractivity contribution in [2.75, 3.05) is 0 Å². The van der Waals surface area contributed by atoms with Crippen LogP contribution in [0.5, 0.6) is 0 Å². The molecule has 100 valence electrons. The van der Waals surface area contributed by atoms with Crippen LogP contribution in [0.3, 0.4) is 0 Å². The summed E-state index contributed by atoms with van der Waals surface area (Å²) in [6.45, 7) is 0. The second kappa shape index (κ2) is 5.07. The van der Waals surface area contributed by atoms with Gasteiger partial charge in [-0.25, -0.2) is 9.97 Å². The summed E-state index contributed by atoms with van der Waals surface area (Å²) < 4.78 is 0. The fourth-order valence-corrected chi connectivity index (χ4v) is 3.04. The molecule has 0 saturated heterocycles. The Morgan fingerprint density at radius 2 is 1.67 bits per heavy atom. The van der Waals surface area contributed by atoms with E-state index in [2.05, 4.69) is 28.2 Å². The summed E-state index contributed by atoms with van der Waals surface area (Å²) >= 11 is 1.63. The second-order valence-corrected chi connectivity index (χ2v) is 5.51. The summed E-state index contributed by atoms with van der Waals surface area (Å²) in [5, 5.41) is 3.14. The maximum absolute atomic E-state index is 4.75. The summed E-state index contributed by atoms with van der Waals surface area (Å²) in [7, 11) is 0. The normalized spacial score (nSPS) is 10.9. The van der Waals surface area contributed by atoms with Gasteiger partial charge in [-0.05, 0) is 23.6 Å². The summed E-state index contributed by atoms with van der Waals surface area (Å²) in [6.07, 6.45) is 1.76. The van der Waals surface area contributed by atoms with E-state index >= 15 is 0 Å². The minimum atomic E-state index is 0.671. The molecule has 0 bridgehead atoms. The fraction of sp³-hybridized carbons (Fsp3) is 0. The molecule has 0 N–H and O–H groups in total. The first kappa shape index (κ1) is 12.2. The molecule has 0 aliphatic heterocycles. The minimum Gasteiger partial charge on any atom is -0.253 e. The lowest BCUT2D eigenvalue weighted by Gasteiger charge is -2.06. The first-order chi connectivity index (χ1) is 10.4. The number of hydrogen-bond acceptors (Lipinski definition) is 4. The van der Waals surface area contributed by atoms with Crippen molar-refractivity contribution in [3.05, 3.63) is 66.2 Å². The van der Waals surface area contributed by atoms with Gasteiger partial charge in [-0.15, -0.1) is 11.3 Å². The van der Waals surface area contributed by atoms with Crippen LogP contribution in [0.15, 0.2) is 66.2 Å². The van der Waals surface area contributed by atoms with Crippen LogP contribution in [0.2, 0.25) is 0 Å². The third kappa shape index (κ3) is 2.19. The Kier molecular flexibility index (Phi) is 2.94. The highest BCUT2D eigenvalue weighted by Gasteiger charge is 2.12. The first-order valence-electron chi connectivity index (χ1n) is 6.64. The topological polar surface area (TPSA) is 38.7 Å². The van der Waals surface area contributed by atoms with Crippen molar-refractivity contribution in [1.29, 1.82) is 0 Å². The Balaban J connectivity index is 2.00. The molecular formula is C17H11N3S. The lowest BCUT2D eigenvalue weighted by Crippen LogP contribution is -1.94. The summed E-state index contributed by atoms with van der Waals surface area (Å²) in [4.78, 5) is 14.7. The number of rotatable bonds is 2. The van der Waals surface area contributed by atoms with Gasteiger partial charge < -0.3 is 0 Å². The van der Waals surface area contributed by atoms with Gasteiger partial charge in [0.25, 0.3) is 0 Å². The van der Waals surface area contributed by atoms with Gasteiger partial charge in [0.05, 0.1) is 5.69 Å². The van der Waals surface area contributed by atoms with Crippen LogP contribution in [-0.4, -0.2) is 15.0 Å². The van der Waals surface area contributed by atoms with E-state index in [-0.39, 0.29) is 0 Å². The van der Waals surface area contributed by atoms with Crippen LogP contribution < -0.4 is 0 Å². The van der Waals surface area contributed by atoms with Crippen molar-refractivity contribution in [2.24, 2.45) is 0 Å². The number of fused-ring (bicyclic) bond motifs is 1. The molecule has 0 aliphatic rings. The Morgan fingerprint density at radius 3 is 2.48 bits per heavy atom. The molecule has 0 atom stereocenters. The summed E-state index contributed by atoms with van der Waals surface area (Å²) in [5.74, 6) is 0.671. The monoisotopic (exact) mass is 289 g/mol. The average molecular weight is 289 g/mol. The first-order valence-corrected chi connectivity index (χ1v) is 7.52. The average Bonchev–Trinajstić information content (AvgIpc) is 3.04. The van der Waals surface area contributed by atoms with E-state index in [0.29, 0.717) is 5.82 Å². The molecule has 0 radical (unpaired) electrons. The van der Waals surface area contributed by atoms with Gasteiger partial charge in [-0.1, -0.05) is 36.4 Å². The molecule has 3 heterocycles. The molecule has 0 fully saturated rings. The van der Waals surface area contributed by atoms with Crippen LogP contribution in [0.25, 0.3) is 33.0 Å². The van der Waals surface area contributed by atoms with Gasteiger partial charge >= 0.3 is 0 Å². The molecule has 21 heavy (non-hydrogen) atoms. The van der Waals surface area contributed by atoms with Crippen LogP contribution in [0, 0.1) is 0 Å². The Morgan fingerprint density at radius 1 is 0.810 bits per heavy atom. The van der Waals surface area contributed by atoms with Gasteiger partial charge in [-0.2, -0.15) is 0 Å². The van der Waals surface area contributed by atoms with E-state index < -0.39 is 0 Å². The number of benzene rings is 1. The molecule has 4 rings (SSSR count). The van der Waals surface area contributed by atoms with Crippen LogP contribution >= 0.6 is 11.3 Å². The van der Waals surface area contributed by atoms with E-state index in [9.17, 15) is 0 Å². The highest BCUT2D eigenvalue weighted by molar-refractivity contribution is 7.16. The van der Waals surface area contributed by atoms with E-state index in [1.807, 2.05) is 41.8 Å². The molecule has 1 aromatic carbocycles. The van der Waals surface area contributed by atoms with Gasteiger partial charge in [0.2, 0.25) is 0 Å². The van der Waals surface area contributed by atoms with Crippen LogP contribution in [-0.2, 0) is 0 Å². The van der Waals surface area contributed by atoms with Crippen molar-refractivity contribution in [3.63, 3.8) is 0 Å². The minimum absolute atomic E-state index is 0.671. The molecule has 4 heteroatoms. The summed E-state index contributed by atoms with van der Waals surface area (Å²) in [5.41, 5.74) is 2.85. The van der Waals surface area contributed by atoms with Crippen LogP contribution in [0.1, 0.15) is 0 Å². The molecule has 0 unspecified atom stereocenters. The van der Waals surface area contributed by atoms with Gasteiger partial charge in [-0.3, -0.25) is 4.98 Å². The molecule has 0 saturated carbocycles. The molecule has 3 nitrogen and oxygen atoms in total. The maximum Gasteiger partial charge on any atom is 0.180 e. The number of thiophene rings is 1. The highest BCUT2D eigenvalue weighted by atomic mass is 32.1. The SMILES string of the molecule is c1ccc(-c2nc(-c3ccccn3)nc3sccc23)cc1. The van der Waals surface area contributed by atoms with Crippen LogP contribution in [0.4, 0.5) is 0 Å². The molecule has 0 spiro atoms. The maximum atomic E-state index is 4.75. The number of nitrogens with zero attached hydrogens (tertiary/aromatic N) is 3. The predicted molar refractivity (Wildman–Crippen MR) is 86.1 cm³/mol. The van der Waals surface area contributed by atoms with Crippen molar-refractivity contribution in [3.8, 4) is 22.8 Å². The molecule has 4 aromatic rings. The second-order valence-electron chi connectivity index (χ2n) is 4.62. The highest BCUT2D eigenvalue weighted by Crippen LogP contribution is 2.31. The van der Waals surface area contributed by atoms with Gasteiger partial charge in [0, 0.05) is 17.1 Å². The fourth-order valence-electron chi connectivity index (χ4n) is 2.28. The Bertz CT molecular complexity index is 886. The molecule has 0 amide bonds. The van der Waals surface area contributed by atoms with Crippen molar-refractivity contribution in [2.45, 2.75) is 0 Å². The van der Waals surface area contributed by atoms with Crippen molar-refractivity contribution >= 4 is 21.6 Å². The Hall–Kier alpha value is -2.59. The summed E-state index contributed by atoms with van der Waals surface area (Å²) in [6, 6.07) is 18.1. The zero-order valence-electron chi connectivity index (χ0n) is 11.1. The van der Waals surface area contributed by atoms with Gasteiger partial charge in [0.15, 0.2) is 5.82 Å². The van der Waals surface area contributed by atoms with Gasteiger partial charge in [0.1, 0.15) is 10.5 Å². The smallest absolute Gasteiger partial charge is 0.180 e. The Labute approximate surface area is 126 Å². The van der Waals surface area contributed by atoms with Crippen molar-refractivity contribution < 1.29 is 0 Å². The number of hydrogen-bond donors (Lipinski definition) is 0. The van der Waals surface area contributed by atoms with E-state index in [0.717, 1.165) is 27.2 Å². The third-order valence-corrected chi connectivity index (χ3v) is 4.07. The quantitative estimate of drug-likeness (QED) is 0.548. The number of pyridine rings is 1. The zero-order chi connectivity index (χ0) is 14.1. The lowest BCUT2D eigenvalue weighted by atomic mass is 10.1. The molecular weight excluding hydrogens is 278 g/mol. The largest absolute Gasteiger partial charge is 0.253 e. The number of aromatic nitrogens is 3. The van der Waals surface area contributed by atoms with E-state index in [4.69, 9.17) is 4.98 Å². The standard InChI is InChI=1S/C17H11N3S/c1-2-6-12(7-3-1)15-13-9-11-21-17(13)20-16(19-15)14-8-4-5-10-18-14/h1-11H. The van der Waals surface area contributed by atoms with E-state index in [1.54, 1.807) is 17.5 Å². The predicted octanol–water partition coefficient (Wildman–Crippen LogP) is 4.42. The van der Waals surface area contributed by atoms with E-state index in [1.165, 1.54) is 0 Å². The molecule has 3 aromatic heterocycles.